The Kier molecular flexibility index (Phi) is 4.42. The number of hydrogen-bond acceptors (Lipinski definition) is 6. The monoisotopic (exact) mass is 292 g/mol. The molecule has 0 spiro atoms. The highest BCUT2D eigenvalue weighted by atomic mass is 16.5. The number of nitrogens with zero attached hydrogens (tertiary/aromatic N) is 1. The van der Waals surface area contributed by atoms with E-state index in [0.29, 0.717) is 17.2 Å². The zero-order valence-electron chi connectivity index (χ0n) is 12.0. The van der Waals surface area contributed by atoms with Crippen molar-refractivity contribution in [1.82, 2.24) is 10.5 Å². The summed E-state index contributed by atoms with van der Waals surface area (Å²) >= 11 is 0. The molecule has 0 saturated carbocycles. The summed E-state index contributed by atoms with van der Waals surface area (Å²) in [5, 5.41) is 6.29. The van der Waals surface area contributed by atoms with Crippen LogP contribution in [0.25, 0.3) is 0 Å². The molecule has 1 N–H and O–H groups in total. The molecule has 0 saturated heterocycles. The maximum atomic E-state index is 12.0. The SMILES string of the molecule is Cc1noc(C)c1C(=O)OC(C)C(=O)NCc1ccco1. The van der Waals surface area contributed by atoms with Gasteiger partial charge < -0.3 is 19.0 Å². The van der Waals surface area contributed by atoms with Gasteiger partial charge in [0.25, 0.3) is 5.91 Å². The van der Waals surface area contributed by atoms with E-state index in [1.165, 1.54) is 13.2 Å². The first-order chi connectivity index (χ1) is 9.99. The quantitative estimate of drug-likeness (QED) is 0.843. The fourth-order valence-electron chi connectivity index (χ4n) is 1.78. The Balaban J connectivity index is 1.90. The molecule has 2 aromatic rings. The molecule has 0 radical (unpaired) electrons. The van der Waals surface area contributed by atoms with Crippen LogP contribution in [0.2, 0.25) is 0 Å². The first-order valence-corrected chi connectivity index (χ1v) is 6.43. The van der Waals surface area contributed by atoms with Crippen LogP contribution in [0.4, 0.5) is 0 Å². The van der Waals surface area contributed by atoms with Gasteiger partial charge in [-0.05, 0) is 32.9 Å². The maximum absolute atomic E-state index is 12.0. The van der Waals surface area contributed by atoms with Crippen LogP contribution in [-0.4, -0.2) is 23.1 Å². The van der Waals surface area contributed by atoms with Crippen molar-refractivity contribution in [2.75, 3.05) is 0 Å². The number of esters is 1. The van der Waals surface area contributed by atoms with Crippen molar-refractivity contribution in [3.05, 3.63) is 41.2 Å². The topological polar surface area (TPSA) is 94.6 Å². The second kappa shape index (κ2) is 6.25. The van der Waals surface area contributed by atoms with Crippen LogP contribution in [0.15, 0.2) is 27.3 Å². The zero-order chi connectivity index (χ0) is 15.4. The third-order valence-electron chi connectivity index (χ3n) is 2.91. The summed E-state index contributed by atoms with van der Waals surface area (Å²) in [6.07, 6.45) is 0.587. The molecular weight excluding hydrogens is 276 g/mol. The maximum Gasteiger partial charge on any atom is 0.344 e. The molecule has 0 aromatic carbocycles. The van der Waals surface area contributed by atoms with Crippen LogP contribution < -0.4 is 5.32 Å². The molecule has 1 amide bonds. The van der Waals surface area contributed by atoms with Gasteiger partial charge >= 0.3 is 5.97 Å². The van der Waals surface area contributed by atoms with E-state index in [1.807, 2.05) is 0 Å². The van der Waals surface area contributed by atoms with E-state index < -0.39 is 18.0 Å². The number of carbonyl (C=O) groups excluding carboxylic acids is 2. The van der Waals surface area contributed by atoms with Crippen molar-refractivity contribution in [2.24, 2.45) is 0 Å². The smallest absolute Gasteiger partial charge is 0.344 e. The van der Waals surface area contributed by atoms with Gasteiger partial charge in [-0.3, -0.25) is 4.79 Å². The third-order valence-corrected chi connectivity index (χ3v) is 2.91. The zero-order valence-corrected chi connectivity index (χ0v) is 12.0. The second-order valence-electron chi connectivity index (χ2n) is 4.54. The molecule has 2 rings (SSSR count). The van der Waals surface area contributed by atoms with Crippen molar-refractivity contribution in [3.63, 3.8) is 0 Å². The molecule has 112 valence electrons. The van der Waals surface area contributed by atoms with Crippen LogP contribution in [0.5, 0.6) is 0 Å². The van der Waals surface area contributed by atoms with E-state index in [9.17, 15) is 9.59 Å². The summed E-state index contributed by atoms with van der Waals surface area (Å²) in [6.45, 7) is 4.97. The Morgan fingerprint density at radius 1 is 1.43 bits per heavy atom. The van der Waals surface area contributed by atoms with Gasteiger partial charge in [0.05, 0.1) is 18.5 Å². The number of ether oxygens (including phenoxy) is 1. The molecule has 0 aliphatic heterocycles. The number of carbonyl (C=O) groups is 2. The molecule has 0 aliphatic carbocycles. The predicted octanol–water partition coefficient (Wildman–Crippen LogP) is 1.75. The summed E-state index contributed by atoms with van der Waals surface area (Å²) in [7, 11) is 0. The van der Waals surface area contributed by atoms with Crippen molar-refractivity contribution < 1.29 is 23.3 Å². The van der Waals surface area contributed by atoms with Crippen LogP contribution in [0.3, 0.4) is 0 Å². The van der Waals surface area contributed by atoms with Gasteiger partial charge in [0, 0.05) is 0 Å². The van der Waals surface area contributed by atoms with Gasteiger partial charge in [0.15, 0.2) is 6.10 Å². The number of furan rings is 1. The molecule has 0 aliphatic rings. The Labute approximate surface area is 121 Å². The highest BCUT2D eigenvalue weighted by Crippen LogP contribution is 2.14. The fourth-order valence-corrected chi connectivity index (χ4v) is 1.78. The average Bonchev–Trinajstić information content (AvgIpc) is 3.06. The van der Waals surface area contributed by atoms with E-state index in [-0.39, 0.29) is 12.1 Å². The Morgan fingerprint density at radius 2 is 2.19 bits per heavy atom. The summed E-state index contributed by atoms with van der Waals surface area (Å²) in [5.74, 6) is -0.0632. The number of nitrogens with one attached hydrogen (secondary N) is 1. The number of amides is 1. The molecule has 0 fully saturated rings. The molecular formula is C14H16N2O5. The highest BCUT2D eigenvalue weighted by molar-refractivity contribution is 5.93. The van der Waals surface area contributed by atoms with Crippen LogP contribution in [0.1, 0.15) is 34.5 Å². The molecule has 1 unspecified atom stereocenters. The van der Waals surface area contributed by atoms with Gasteiger partial charge in [0.1, 0.15) is 17.1 Å². The molecule has 2 aromatic heterocycles. The summed E-state index contributed by atoms with van der Waals surface area (Å²) in [4.78, 5) is 23.8. The van der Waals surface area contributed by atoms with Gasteiger partial charge in [-0.15, -0.1) is 0 Å². The van der Waals surface area contributed by atoms with E-state index >= 15 is 0 Å². The van der Waals surface area contributed by atoms with Crippen LogP contribution >= 0.6 is 0 Å². The van der Waals surface area contributed by atoms with E-state index in [4.69, 9.17) is 13.7 Å². The van der Waals surface area contributed by atoms with Gasteiger partial charge in [0.2, 0.25) is 0 Å². The normalized spacial score (nSPS) is 12.0. The number of aromatic nitrogens is 1. The van der Waals surface area contributed by atoms with Crippen molar-refractivity contribution >= 4 is 11.9 Å². The lowest BCUT2D eigenvalue weighted by atomic mass is 10.2. The van der Waals surface area contributed by atoms with E-state index in [2.05, 4.69) is 10.5 Å². The lowest BCUT2D eigenvalue weighted by molar-refractivity contribution is -0.129. The highest BCUT2D eigenvalue weighted by Gasteiger charge is 2.24. The van der Waals surface area contributed by atoms with Gasteiger partial charge in [-0.2, -0.15) is 0 Å². The summed E-state index contributed by atoms with van der Waals surface area (Å²) < 4.78 is 15.1. The third kappa shape index (κ3) is 3.50. The van der Waals surface area contributed by atoms with E-state index in [0.717, 1.165) is 0 Å². The van der Waals surface area contributed by atoms with Crippen molar-refractivity contribution in [3.8, 4) is 0 Å². The van der Waals surface area contributed by atoms with Crippen LogP contribution in [-0.2, 0) is 16.1 Å². The first kappa shape index (κ1) is 14.8. The van der Waals surface area contributed by atoms with E-state index in [1.54, 1.807) is 26.0 Å². The second-order valence-corrected chi connectivity index (χ2v) is 4.54. The minimum absolute atomic E-state index is 0.235. The van der Waals surface area contributed by atoms with Crippen molar-refractivity contribution in [1.29, 1.82) is 0 Å². The Bertz CT molecular complexity index is 610. The average molecular weight is 292 g/mol. The molecule has 7 heteroatoms. The van der Waals surface area contributed by atoms with Crippen LogP contribution in [0, 0.1) is 13.8 Å². The molecule has 7 nitrogen and oxygen atoms in total. The summed E-state index contributed by atoms with van der Waals surface area (Å²) in [6, 6.07) is 3.46. The fraction of sp³-hybridized carbons (Fsp3) is 0.357. The number of aryl methyl sites for hydroxylation is 2. The standard InChI is InChI=1S/C14H16N2O5/c1-8-12(9(2)21-16-8)14(18)20-10(3)13(17)15-7-11-5-4-6-19-11/h4-6,10H,7H2,1-3H3,(H,15,17). The molecule has 1 atom stereocenters. The lowest BCUT2D eigenvalue weighted by Crippen LogP contribution is -2.35. The van der Waals surface area contributed by atoms with Gasteiger partial charge in [-0.1, -0.05) is 5.16 Å². The number of rotatable bonds is 5. The summed E-state index contributed by atoms with van der Waals surface area (Å²) in [5.41, 5.74) is 0.682. The molecule has 21 heavy (non-hydrogen) atoms. The Hall–Kier alpha value is -2.57. The molecule has 0 bridgehead atoms. The predicted molar refractivity (Wildman–Crippen MR) is 71.4 cm³/mol. The first-order valence-electron chi connectivity index (χ1n) is 6.43. The Morgan fingerprint density at radius 3 is 2.76 bits per heavy atom. The lowest BCUT2D eigenvalue weighted by Gasteiger charge is -2.12. The number of hydrogen-bond donors (Lipinski definition) is 1. The minimum Gasteiger partial charge on any atom is -0.467 e. The minimum atomic E-state index is -0.929. The largest absolute Gasteiger partial charge is 0.467 e. The molecule has 2 heterocycles. The van der Waals surface area contributed by atoms with Gasteiger partial charge in [-0.25, -0.2) is 4.79 Å². The van der Waals surface area contributed by atoms with Crippen molar-refractivity contribution in [2.45, 2.75) is 33.4 Å².